The first-order valence-corrected chi connectivity index (χ1v) is 9.20. The van der Waals surface area contributed by atoms with Crippen LogP contribution < -0.4 is 10.2 Å². The second-order valence-corrected chi connectivity index (χ2v) is 7.82. The van der Waals surface area contributed by atoms with Gasteiger partial charge in [0.05, 0.1) is 16.1 Å². The lowest BCUT2D eigenvalue weighted by molar-refractivity contribution is -0.136. The zero-order valence-electron chi connectivity index (χ0n) is 14.6. The Morgan fingerprint density at radius 2 is 1.61 bits per heavy atom. The monoisotopic (exact) mass is 422 g/mol. The number of hydrogen-bond acceptors (Lipinski definition) is 4. The largest absolute Gasteiger partial charge is 0.418 e. The quantitative estimate of drug-likeness (QED) is 0.740. The van der Waals surface area contributed by atoms with E-state index < -0.39 is 43.8 Å². The summed E-state index contributed by atoms with van der Waals surface area (Å²) < 4.78 is 87.7. The first-order chi connectivity index (χ1) is 12.8. The maximum Gasteiger partial charge on any atom is 0.418 e. The molecule has 2 aromatic rings. The topological polar surface area (TPSA) is 66.5 Å². The molecule has 152 valence electrons. The summed E-state index contributed by atoms with van der Waals surface area (Å²) in [6, 6.07) is 6.79. The van der Waals surface area contributed by atoms with Crippen molar-refractivity contribution in [3.05, 3.63) is 53.6 Å². The molecule has 1 amide bonds. The van der Waals surface area contributed by atoms with Gasteiger partial charge in [-0.25, -0.2) is 8.42 Å². The van der Waals surface area contributed by atoms with E-state index in [-0.39, 0.29) is 11.3 Å². The standard InChI is InChI=1S/C17H15F5N2O3S/c1-24(2)11-5-8-14(13(9-11)17(20,21)22)23-15(25)10-3-6-12(7-4-10)28(26,27)16(18)19/h3-9,16H,1-2H3,(H,23,25). The summed E-state index contributed by atoms with van der Waals surface area (Å²) in [7, 11) is -1.72. The number of anilines is 2. The summed E-state index contributed by atoms with van der Waals surface area (Å²) in [5, 5.41) is 2.11. The summed E-state index contributed by atoms with van der Waals surface area (Å²) in [5.41, 5.74) is -1.48. The van der Waals surface area contributed by atoms with Gasteiger partial charge >= 0.3 is 11.9 Å². The normalized spacial score (nSPS) is 12.1. The van der Waals surface area contributed by atoms with Gasteiger partial charge in [0, 0.05) is 25.3 Å². The fraction of sp³-hybridized carbons (Fsp3) is 0.235. The highest BCUT2D eigenvalue weighted by atomic mass is 32.2. The molecule has 0 spiro atoms. The zero-order chi connectivity index (χ0) is 21.3. The molecule has 11 heteroatoms. The van der Waals surface area contributed by atoms with Crippen LogP contribution in [0.2, 0.25) is 0 Å². The van der Waals surface area contributed by atoms with Crippen molar-refractivity contribution in [1.82, 2.24) is 0 Å². The predicted octanol–water partition coefficient (Wildman–Crippen LogP) is 4.02. The molecule has 0 radical (unpaired) electrons. The second kappa shape index (κ2) is 7.74. The van der Waals surface area contributed by atoms with E-state index in [0.29, 0.717) is 0 Å². The molecule has 0 aliphatic carbocycles. The number of rotatable bonds is 5. The highest BCUT2D eigenvalue weighted by molar-refractivity contribution is 7.91. The Morgan fingerprint density at radius 1 is 1.04 bits per heavy atom. The number of hydrogen-bond donors (Lipinski definition) is 1. The van der Waals surface area contributed by atoms with Crippen molar-refractivity contribution < 1.29 is 35.2 Å². The van der Waals surface area contributed by atoms with Gasteiger partial charge in [0.25, 0.3) is 5.91 Å². The first kappa shape index (κ1) is 21.6. The second-order valence-electron chi connectivity index (χ2n) is 5.91. The van der Waals surface area contributed by atoms with Crippen LogP contribution in [0, 0.1) is 0 Å². The fourth-order valence-electron chi connectivity index (χ4n) is 2.25. The van der Waals surface area contributed by atoms with E-state index in [2.05, 4.69) is 5.32 Å². The molecule has 0 fully saturated rings. The van der Waals surface area contributed by atoms with Gasteiger partial charge < -0.3 is 10.2 Å². The maximum atomic E-state index is 13.3. The summed E-state index contributed by atoms with van der Waals surface area (Å²) >= 11 is 0. The molecule has 28 heavy (non-hydrogen) atoms. The Labute approximate surface area is 157 Å². The van der Waals surface area contributed by atoms with Gasteiger partial charge in [-0.3, -0.25) is 4.79 Å². The lowest BCUT2D eigenvalue weighted by atomic mass is 10.1. The van der Waals surface area contributed by atoms with E-state index in [0.717, 1.165) is 36.4 Å². The summed E-state index contributed by atoms with van der Waals surface area (Å²) in [6.45, 7) is 0. The van der Waals surface area contributed by atoms with Crippen LogP contribution in [0.5, 0.6) is 0 Å². The Morgan fingerprint density at radius 3 is 2.07 bits per heavy atom. The zero-order valence-corrected chi connectivity index (χ0v) is 15.4. The molecule has 2 rings (SSSR count). The van der Waals surface area contributed by atoms with Gasteiger partial charge in [0.1, 0.15) is 0 Å². The summed E-state index contributed by atoms with van der Waals surface area (Å²) in [4.78, 5) is 13.0. The minimum Gasteiger partial charge on any atom is -0.378 e. The molecule has 0 unspecified atom stereocenters. The van der Waals surface area contributed by atoms with Crippen LogP contribution in [0.25, 0.3) is 0 Å². The molecule has 0 atom stereocenters. The van der Waals surface area contributed by atoms with Crippen molar-refractivity contribution in [2.24, 2.45) is 0 Å². The predicted molar refractivity (Wildman–Crippen MR) is 93.4 cm³/mol. The smallest absolute Gasteiger partial charge is 0.378 e. The van der Waals surface area contributed by atoms with Crippen molar-refractivity contribution in [2.45, 2.75) is 16.8 Å². The molecule has 0 saturated heterocycles. The van der Waals surface area contributed by atoms with E-state index in [1.165, 1.54) is 11.0 Å². The molecule has 5 nitrogen and oxygen atoms in total. The van der Waals surface area contributed by atoms with Crippen molar-refractivity contribution >= 4 is 27.1 Å². The lowest BCUT2D eigenvalue weighted by Crippen LogP contribution is -2.18. The van der Waals surface area contributed by atoms with Gasteiger partial charge in [0.15, 0.2) is 0 Å². The van der Waals surface area contributed by atoms with Crippen LogP contribution in [-0.4, -0.2) is 34.2 Å². The van der Waals surface area contributed by atoms with Gasteiger partial charge in [-0.2, -0.15) is 22.0 Å². The lowest BCUT2D eigenvalue weighted by Gasteiger charge is -2.18. The molecule has 0 heterocycles. The van der Waals surface area contributed by atoms with Crippen molar-refractivity contribution in [2.75, 3.05) is 24.3 Å². The van der Waals surface area contributed by atoms with Crippen LogP contribution in [0.3, 0.4) is 0 Å². The molecule has 2 aromatic carbocycles. The molecule has 0 aromatic heterocycles. The number of carbonyl (C=O) groups excluding carboxylic acids is 1. The van der Waals surface area contributed by atoms with Crippen molar-refractivity contribution in [1.29, 1.82) is 0 Å². The Kier molecular flexibility index (Phi) is 5.97. The number of amides is 1. The van der Waals surface area contributed by atoms with Crippen LogP contribution in [0.4, 0.5) is 33.3 Å². The van der Waals surface area contributed by atoms with Crippen LogP contribution in [-0.2, 0) is 16.0 Å². The molecular formula is C17H15F5N2O3S. The Hall–Kier alpha value is -2.69. The summed E-state index contributed by atoms with van der Waals surface area (Å²) in [6.07, 6.45) is -4.73. The van der Waals surface area contributed by atoms with Gasteiger partial charge in [-0.05, 0) is 42.5 Å². The SMILES string of the molecule is CN(C)c1ccc(NC(=O)c2ccc(S(=O)(=O)C(F)F)cc2)c(C(F)(F)F)c1. The maximum absolute atomic E-state index is 13.3. The molecule has 0 bridgehead atoms. The number of carbonyl (C=O) groups is 1. The Bertz CT molecular complexity index is 971. The Balaban J connectivity index is 2.33. The number of nitrogens with zero attached hydrogens (tertiary/aromatic N) is 1. The first-order valence-electron chi connectivity index (χ1n) is 7.66. The summed E-state index contributed by atoms with van der Waals surface area (Å²) in [5.74, 6) is -4.58. The number of benzene rings is 2. The van der Waals surface area contributed by atoms with Crippen molar-refractivity contribution in [3.8, 4) is 0 Å². The third-order valence-electron chi connectivity index (χ3n) is 3.75. The number of sulfone groups is 1. The van der Waals surface area contributed by atoms with Gasteiger partial charge in [0.2, 0.25) is 9.84 Å². The van der Waals surface area contributed by atoms with E-state index in [4.69, 9.17) is 0 Å². The highest BCUT2D eigenvalue weighted by Crippen LogP contribution is 2.37. The third-order valence-corrected chi connectivity index (χ3v) is 5.15. The number of nitrogens with one attached hydrogen (secondary N) is 1. The van der Waals surface area contributed by atoms with E-state index in [9.17, 15) is 35.2 Å². The molecule has 1 N–H and O–H groups in total. The van der Waals surface area contributed by atoms with Crippen LogP contribution in [0.15, 0.2) is 47.4 Å². The van der Waals surface area contributed by atoms with E-state index >= 15 is 0 Å². The van der Waals surface area contributed by atoms with Gasteiger partial charge in [-0.1, -0.05) is 0 Å². The molecule has 0 saturated carbocycles. The molecule has 0 aliphatic rings. The average molecular weight is 422 g/mol. The fourth-order valence-corrected chi connectivity index (χ4v) is 2.97. The third kappa shape index (κ3) is 4.58. The average Bonchev–Trinajstić information content (AvgIpc) is 2.60. The van der Waals surface area contributed by atoms with Gasteiger partial charge in [-0.15, -0.1) is 0 Å². The van der Waals surface area contributed by atoms with Crippen LogP contribution >= 0.6 is 0 Å². The van der Waals surface area contributed by atoms with E-state index in [1.54, 1.807) is 14.1 Å². The molecule has 0 aliphatic heterocycles. The highest BCUT2D eigenvalue weighted by Gasteiger charge is 2.34. The van der Waals surface area contributed by atoms with E-state index in [1.807, 2.05) is 0 Å². The number of alkyl halides is 5. The van der Waals surface area contributed by atoms with Crippen LogP contribution in [0.1, 0.15) is 15.9 Å². The minimum atomic E-state index is -4.84. The van der Waals surface area contributed by atoms with Crippen molar-refractivity contribution in [3.63, 3.8) is 0 Å². The molecular weight excluding hydrogens is 407 g/mol. The minimum absolute atomic E-state index is 0.196. The number of halogens is 5.